The molecule has 6 N–H and O–H groups in total. The molecule has 3 aromatic carbocycles. The van der Waals surface area contributed by atoms with Gasteiger partial charge in [0, 0.05) is 42.4 Å². The van der Waals surface area contributed by atoms with Crippen molar-refractivity contribution >= 4 is 23.6 Å². The average molecular weight is 681 g/mol. The SMILES string of the molecule is CCCN(CCC)C(=O)c1cc(C(N)=O)cc(C(=O)NC(Cc2cc(F)cc(F)c2)C(O)C(O)C(C(=O)NCc2ccccc2)C(C)C)c1. The Morgan fingerprint density at radius 2 is 1.37 bits per heavy atom. The molecule has 12 heteroatoms. The predicted octanol–water partition coefficient (Wildman–Crippen LogP) is 3.98. The summed E-state index contributed by atoms with van der Waals surface area (Å²) >= 11 is 0. The van der Waals surface area contributed by atoms with Crippen molar-refractivity contribution < 1.29 is 38.2 Å². The van der Waals surface area contributed by atoms with E-state index in [-0.39, 0.29) is 35.2 Å². The van der Waals surface area contributed by atoms with Gasteiger partial charge < -0.3 is 31.5 Å². The highest BCUT2D eigenvalue weighted by atomic mass is 19.1. The Balaban J connectivity index is 1.97. The first kappa shape index (κ1) is 38.8. The fourth-order valence-electron chi connectivity index (χ4n) is 5.76. The topological polar surface area (TPSA) is 162 Å². The van der Waals surface area contributed by atoms with Crippen LogP contribution in [0.25, 0.3) is 0 Å². The van der Waals surface area contributed by atoms with E-state index >= 15 is 0 Å². The van der Waals surface area contributed by atoms with Crippen molar-refractivity contribution in [3.8, 4) is 0 Å². The maximum atomic E-state index is 14.2. The number of nitrogens with one attached hydrogen (secondary N) is 2. The number of rotatable bonds is 17. The summed E-state index contributed by atoms with van der Waals surface area (Å²) in [5, 5.41) is 28.3. The molecular formula is C37H46F2N4O6. The predicted molar refractivity (Wildman–Crippen MR) is 181 cm³/mol. The van der Waals surface area contributed by atoms with E-state index in [0.717, 1.165) is 17.7 Å². The van der Waals surface area contributed by atoms with Crippen LogP contribution in [0.4, 0.5) is 8.78 Å². The van der Waals surface area contributed by atoms with Crippen LogP contribution in [0, 0.1) is 23.5 Å². The summed E-state index contributed by atoms with van der Waals surface area (Å²) in [6.07, 6.45) is -2.53. The van der Waals surface area contributed by atoms with Crippen molar-refractivity contribution in [3.05, 3.63) is 106 Å². The number of aliphatic hydroxyl groups is 2. The number of aliphatic hydroxyl groups excluding tert-OH is 2. The van der Waals surface area contributed by atoms with Crippen LogP contribution in [0.3, 0.4) is 0 Å². The minimum absolute atomic E-state index is 0.0441. The number of hydrogen-bond acceptors (Lipinski definition) is 6. The van der Waals surface area contributed by atoms with Crippen molar-refractivity contribution in [3.63, 3.8) is 0 Å². The minimum atomic E-state index is -1.81. The number of primary amides is 1. The second-order valence-corrected chi connectivity index (χ2v) is 12.5. The van der Waals surface area contributed by atoms with E-state index < -0.39 is 65.3 Å². The maximum Gasteiger partial charge on any atom is 0.253 e. The van der Waals surface area contributed by atoms with Crippen molar-refractivity contribution in [2.45, 2.75) is 71.8 Å². The highest BCUT2D eigenvalue weighted by molar-refractivity contribution is 6.04. The van der Waals surface area contributed by atoms with Crippen molar-refractivity contribution in [1.29, 1.82) is 0 Å². The van der Waals surface area contributed by atoms with Crippen LogP contribution >= 0.6 is 0 Å². The molecule has 0 aliphatic rings. The van der Waals surface area contributed by atoms with Crippen molar-refractivity contribution in [1.82, 2.24) is 15.5 Å². The average Bonchev–Trinajstić information content (AvgIpc) is 3.05. The number of benzene rings is 3. The molecule has 0 spiro atoms. The quantitative estimate of drug-likeness (QED) is 0.145. The summed E-state index contributed by atoms with van der Waals surface area (Å²) in [5.74, 6) is -6.11. The molecule has 0 aliphatic carbocycles. The molecular weight excluding hydrogens is 634 g/mol. The van der Waals surface area contributed by atoms with Gasteiger partial charge in [0.05, 0.1) is 18.1 Å². The summed E-state index contributed by atoms with van der Waals surface area (Å²) in [6.45, 7) is 8.26. The maximum absolute atomic E-state index is 14.2. The third-order valence-electron chi connectivity index (χ3n) is 8.16. The van der Waals surface area contributed by atoms with Gasteiger partial charge in [-0.15, -0.1) is 0 Å². The molecule has 4 amide bonds. The Bertz CT molecular complexity index is 1580. The lowest BCUT2D eigenvalue weighted by Crippen LogP contribution is -2.55. The number of carbonyl (C=O) groups excluding carboxylic acids is 4. The molecule has 0 radical (unpaired) electrons. The Labute approximate surface area is 285 Å². The van der Waals surface area contributed by atoms with E-state index in [1.807, 2.05) is 44.2 Å². The highest BCUT2D eigenvalue weighted by Crippen LogP contribution is 2.23. The van der Waals surface area contributed by atoms with Crippen molar-refractivity contribution in [2.75, 3.05) is 13.1 Å². The van der Waals surface area contributed by atoms with Crippen LogP contribution in [-0.2, 0) is 17.8 Å². The van der Waals surface area contributed by atoms with Gasteiger partial charge in [-0.2, -0.15) is 0 Å². The van der Waals surface area contributed by atoms with E-state index in [9.17, 15) is 38.2 Å². The van der Waals surface area contributed by atoms with E-state index in [2.05, 4.69) is 10.6 Å². The highest BCUT2D eigenvalue weighted by Gasteiger charge is 2.39. The minimum Gasteiger partial charge on any atom is -0.390 e. The van der Waals surface area contributed by atoms with Crippen LogP contribution in [0.1, 0.15) is 82.7 Å². The Morgan fingerprint density at radius 1 is 0.796 bits per heavy atom. The summed E-state index contributed by atoms with van der Waals surface area (Å²) in [5.41, 5.74) is 6.20. The van der Waals surface area contributed by atoms with Crippen LogP contribution in [-0.4, -0.2) is 70.1 Å². The zero-order valence-electron chi connectivity index (χ0n) is 28.3. The second-order valence-electron chi connectivity index (χ2n) is 12.5. The van der Waals surface area contributed by atoms with Gasteiger partial charge in [-0.1, -0.05) is 58.0 Å². The van der Waals surface area contributed by atoms with Crippen molar-refractivity contribution in [2.24, 2.45) is 17.6 Å². The van der Waals surface area contributed by atoms with Crippen LogP contribution in [0.5, 0.6) is 0 Å². The number of nitrogens with zero attached hydrogens (tertiary/aromatic N) is 1. The summed E-state index contributed by atoms with van der Waals surface area (Å²) in [7, 11) is 0. The van der Waals surface area contributed by atoms with E-state index in [1.165, 1.54) is 18.2 Å². The summed E-state index contributed by atoms with van der Waals surface area (Å²) in [6, 6.07) is 14.2. The van der Waals surface area contributed by atoms with Crippen LogP contribution < -0.4 is 16.4 Å². The van der Waals surface area contributed by atoms with E-state index in [1.54, 1.807) is 18.7 Å². The van der Waals surface area contributed by atoms with Gasteiger partial charge in [0.25, 0.3) is 11.8 Å². The Morgan fingerprint density at radius 3 is 1.92 bits per heavy atom. The Kier molecular flexibility index (Phi) is 14.4. The molecule has 264 valence electrons. The second kappa shape index (κ2) is 18.2. The molecule has 0 saturated carbocycles. The van der Waals surface area contributed by atoms with Gasteiger partial charge in [-0.3, -0.25) is 19.2 Å². The molecule has 3 rings (SSSR count). The molecule has 4 atom stereocenters. The normalized spacial score (nSPS) is 13.7. The number of amides is 4. The third-order valence-corrected chi connectivity index (χ3v) is 8.16. The van der Waals surface area contributed by atoms with Gasteiger partial charge in [-0.05, 0) is 66.6 Å². The fourth-order valence-corrected chi connectivity index (χ4v) is 5.76. The lowest BCUT2D eigenvalue weighted by Gasteiger charge is -2.33. The molecule has 0 bridgehead atoms. The number of nitrogens with two attached hydrogens (primary N) is 1. The lowest BCUT2D eigenvalue weighted by atomic mass is 9.83. The smallest absolute Gasteiger partial charge is 0.253 e. The van der Waals surface area contributed by atoms with Gasteiger partial charge in [0.15, 0.2) is 0 Å². The molecule has 4 unspecified atom stereocenters. The molecule has 0 aromatic heterocycles. The zero-order chi connectivity index (χ0) is 36.2. The fraction of sp³-hybridized carbons (Fsp3) is 0.405. The van der Waals surface area contributed by atoms with Gasteiger partial charge in [-0.25, -0.2) is 8.78 Å². The van der Waals surface area contributed by atoms with Gasteiger partial charge in [0.2, 0.25) is 11.8 Å². The van der Waals surface area contributed by atoms with Crippen LogP contribution in [0.2, 0.25) is 0 Å². The van der Waals surface area contributed by atoms with E-state index in [4.69, 9.17) is 5.73 Å². The first-order chi connectivity index (χ1) is 23.2. The number of halogens is 2. The number of hydrogen-bond donors (Lipinski definition) is 5. The number of carbonyl (C=O) groups is 4. The molecule has 0 saturated heterocycles. The largest absolute Gasteiger partial charge is 0.390 e. The molecule has 49 heavy (non-hydrogen) atoms. The Hall–Kier alpha value is -4.68. The van der Waals surface area contributed by atoms with Crippen LogP contribution in [0.15, 0.2) is 66.7 Å². The molecule has 0 aliphatic heterocycles. The first-order valence-electron chi connectivity index (χ1n) is 16.4. The third kappa shape index (κ3) is 10.9. The molecule has 10 nitrogen and oxygen atoms in total. The summed E-state index contributed by atoms with van der Waals surface area (Å²) < 4.78 is 28.3. The molecule has 0 fully saturated rings. The molecule has 3 aromatic rings. The lowest BCUT2D eigenvalue weighted by molar-refractivity contribution is -0.135. The van der Waals surface area contributed by atoms with Gasteiger partial charge in [0.1, 0.15) is 17.7 Å². The van der Waals surface area contributed by atoms with Gasteiger partial charge >= 0.3 is 0 Å². The zero-order valence-corrected chi connectivity index (χ0v) is 28.3. The first-order valence-corrected chi connectivity index (χ1v) is 16.4. The molecule has 0 heterocycles. The van der Waals surface area contributed by atoms with E-state index in [0.29, 0.717) is 32.0 Å². The summed E-state index contributed by atoms with van der Waals surface area (Å²) in [4.78, 5) is 54.3. The standard InChI is InChI=1S/C37H46F2N4O6/c1-5-12-43(13-6-2)37(49)27-18-25(34(40)46)17-26(19-27)35(47)42-30(16-24-14-28(38)20-29(39)15-24)32(44)33(45)31(22(3)4)36(48)41-21-23-10-8-7-9-11-23/h7-11,14-15,17-20,22,30-33,44-45H,5-6,12-13,16,21H2,1-4H3,(H2,40,46)(H,41,48)(H,42,47). The monoisotopic (exact) mass is 680 g/mol.